The molecular formula is C6H12O4. The Hall–Kier alpha value is -0.160. The highest BCUT2D eigenvalue weighted by atomic mass is 16.6. The molecule has 0 saturated carbocycles. The molecule has 1 saturated heterocycles. The topological polar surface area (TPSA) is 58.9 Å². The van der Waals surface area contributed by atoms with Gasteiger partial charge < -0.3 is 19.7 Å². The number of aliphatic hydroxyl groups excluding tert-OH is 2. The first kappa shape index (κ1) is 7.94. The van der Waals surface area contributed by atoms with Gasteiger partial charge >= 0.3 is 0 Å². The summed E-state index contributed by atoms with van der Waals surface area (Å²) in [5.41, 5.74) is 0. The lowest BCUT2D eigenvalue weighted by molar-refractivity contribution is -0.0178. The minimum Gasteiger partial charge on any atom is -0.388 e. The normalized spacial score (nSPS) is 40.5. The Morgan fingerprint density at radius 1 is 1.60 bits per heavy atom. The molecule has 0 unspecified atom stereocenters. The average molecular weight is 148 g/mol. The van der Waals surface area contributed by atoms with E-state index in [9.17, 15) is 0 Å². The molecule has 0 amide bonds. The molecule has 1 fully saturated rings. The van der Waals surface area contributed by atoms with Crippen LogP contribution in [-0.2, 0) is 9.47 Å². The predicted octanol–water partition coefficient (Wildman–Crippen LogP) is -1.25. The van der Waals surface area contributed by atoms with Gasteiger partial charge in [-0.15, -0.1) is 0 Å². The van der Waals surface area contributed by atoms with Crippen LogP contribution in [0.4, 0.5) is 0 Å². The molecule has 1 aliphatic rings. The van der Waals surface area contributed by atoms with Crippen LogP contribution in [0.3, 0.4) is 0 Å². The van der Waals surface area contributed by atoms with Gasteiger partial charge in [0.2, 0.25) is 0 Å². The molecule has 0 aliphatic carbocycles. The maximum absolute atomic E-state index is 9.13. The SMILES string of the molecule is COC[C@H]1OC[C@H](O)[C@@H]1O. The summed E-state index contributed by atoms with van der Waals surface area (Å²) in [5, 5.41) is 18.1. The second-order valence-electron chi connectivity index (χ2n) is 2.39. The molecule has 0 aromatic rings. The van der Waals surface area contributed by atoms with E-state index < -0.39 is 12.2 Å². The first-order valence-corrected chi connectivity index (χ1v) is 3.22. The summed E-state index contributed by atoms with van der Waals surface area (Å²) in [6.45, 7) is 0.535. The number of methoxy groups -OCH3 is 1. The van der Waals surface area contributed by atoms with Crippen molar-refractivity contribution >= 4 is 0 Å². The summed E-state index contributed by atoms with van der Waals surface area (Å²) in [5.74, 6) is 0. The van der Waals surface area contributed by atoms with Crippen molar-refractivity contribution < 1.29 is 19.7 Å². The first-order chi connectivity index (χ1) is 4.75. The van der Waals surface area contributed by atoms with Gasteiger partial charge in [0.15, 0.2) is 0 Å². The van der Waals surface area contributed by atoms with Crippen LogP contribution >= 0.6 is 0 Å². The highest BCUT2D eigenvalue weighted by Crippen LogP contribution is 2.13. The molecule has 4 nitrogen and oxygen atoms in total. The number of hydrogen-bond donors (Lipinski definition) is 2. The Balaban J connectivity index is 2.33. The third-order valence-electron chi connectivity index (χ3n) is 1.59. The van der Waals surface area contributed by atoms with Crippen LogP contribution < -0.4 is 0 Å². The van der Waals surface area contributed by atoms with E-state index in [0.717, 1.165) is 0 Å². The lowest BCUT2D eigenvalue weighted by atomic mass is 10.2. The molecule has 10 heavy (non-hydrogen) atoms. The van der Waals surface area contributed by atoms with Gasteiger partial charge in [-0.05, 0) is 0 Å². The van der Waals surface area contributed by atoms with E-state index in [-0.39, 0.29) is 12.7 Å². The molecule has 0 aromatic heterocycles. The molecule has 1 rings (SSSR count). The molecule has 1 aliphatic heterocycles. The van der Waals surface area contributed by atoms with E-state index in [4.69, 9.17) is 19.7 Å². The quantitative estimate of drug-likeness (QED) is 0.514. The zero-order valence-corrected chi connectivity index (χ0v) is 5.86. The minimum atomic E-state index is -0.792. The lowest BCUT2D eigenvalue weighted by Gasteiger charge is -2.12. The fourth-order valence-corrected chi connectivity index (χ4v) is 0.978. The predicted molar refractivity (Wildman–Crippen MR) is 33.6 cm³/mol. The maximum atomic E-state index is 9.13. The summed E-state index contributed by atoms with van der Waals surface area (Å²) in [6.07, 6.45) is -1.90. The molecule has 0 spiro atoms. The van der Waals surface area contributed by atoms with Crippen LogP contribution in [0.25, 0.3) is 0 Å². The van der Waals surface area contributed by atoms with Crippen LogP contribution in [0.15, 0.2) is 0 Å². The second kappa shape index (κ2) is 3.30. The van der Waals surface area contributed by atoms with Gasteiger partial charge in [-0.1, -0.05) is 0 Å². The highest BCUT2D eigenvalue weighted by molar-refractivity contribution is 4.82. The van der Waals surface area contributed by atoms with Gasteiger partial charge in [-0.3, -0.25) is 0 Å². The van der Waals surface area contributed by atoms with E-state index in [0.29, 0.717) is 6.61 Å². The van der Waals surface area contributed by atoms with Crippen LogP contribution in [0.2, 0.25) is 0 Å². The van der Waals surface area contributed by atoms with E-state index >= 15 is 0 Å². The second-order valence-corrected chi connectivity index (χ2v) is 2.39. The molecule has 0 radical (unpaired) electrons. The van der Waals surface area contributed by atoms with Crippen LogP contribution in [0.5, 0.6) is 0 Å². The fourth-order valence-electron chi connectivity index (χ4n) is 0.978. The van der Waals surface area contributed by atoms with E-state index in [1.165, 1.54) is 7.11 Å². The van der Waals surface area contributed by atoms with Crippen molar-refractivity contribution in [3.05, 3.63) is 0 Å². The molecule has 1 heterocycles. The monoisotopic (exact) mass is 148 g/mol. The van der Waals surface area contributed by atoms with Crippen molar-refractivity contribution in [2.45, 2.75) is 18.3 Å². The summed E-state index contributed by atoms with van der Waals surface area (Å²) < 4.78 is 9.74. The van der Waals surface area contributed by atoms with Crippen molar-refractivity contribution in [3.8, 4) is 0 Å². The zero-order valence-electron chi connectivity index (χ0n) is 5.86. The van der Waals surface area contributed by atoms with E-state index in [1.54, 1.807) is 0 Å². The standard InChI is InChI=1S/C6H12O4/c1-9-3-5-6(8)4(7)2-10-5/h4-8H,2-3H2,1H3/t4-,5+,6-/m0/s1. The third-order valence-corrected chi connectivity index (χ3v) is 1.59. The van der Waals surface area contributed by atoms with Crippen molar-refractivity contribution in [2.75, 3.05) is 20.3 Å². The summed E-state index contributed by atoms with van der Waals surface area (Å²) in [7, 11) is 1.53. The third kappa shape index (κ3) is 1.46. The molecule has 3 atom stereocenters. The van der Waals surface area contributed by atoms with Crippen molar-refractivity contribution in [2.24, 2.45) is 0 Å². The molecule has 2 N–H and O–H groups in total. The summed E-state index contributed by atoms with van der Waals surface area (Å²) >= 11 is 0. The molecule has 0 aromatic carbocycles. The summed E-state index contributed by atoms with van der Waals surface area (Å²) in [4.78, 5) is 0. The fraction of sp³-hybridized carbons (Fsp3) is 1.00. The van der Waals surface area contributed by atoms with Gasteiger partial charge in [-0.25, -0.2) is 0 Å². The van der Waals surface area contributed by atoms with Crippen LogP contribution in [0.1, 0.15) is 0 Å². The van der Waals surface area contributed by atoms with Crippen molar-refractivity contribution in [3.63, 3.8) is 0 Å². The Morgan fingerprint density at radius 3 is 2.70 bits per heavy atom. The van der Waals surface area contributed by atoms with Crippen LogP contribution in [-0.4, -0.2) is 48.8 Å². The van der Waals surface area contributed by atoms with Gasteiger partial charge in [0.05, 0.1) is 13.2 Å². The van der Waals surface area contributed by atoms with E-state index in [1.807, 2.05) is 0 Å². The lowest BCUT2D eigenvalue weighted by Crippen LogP contribution is -2.32. The van der Waals surface area contributed by atoms with Gasteiger partial charge in [0, 0.05) is 7.11 Å². The average Bonchev–Trinajstić information content (AvgIpc) is 2.20. The molecule has 60 valence electrons. The Kier molecular flexibility index (Phi) is 2.62. The maximum Gasteiger partial charge on any atom is 0.110 e. The highest BCUT2D eigenvalue weighted by Gasteiger charge is 2.34. The van der Waals surface area contributed by atoms with Gasteiger partial charge in [0.25, 0.3) is 0 Å². The van der Waals surface area contributed by atoms with Gasteiger partial charge in [0.1, 0.15) is 18.3 Å². The zero-order chi connectivity index (χ0) is 7.56. The molecular weight excluding hydrogens is 136 g/mol. The van der Waals surface area contributed by atoms with Crippen molar-refractivity contribution in [1.82, 2.24) is 0 Å². The van der Waals surface area contributed by atoms with Crippen LogP contribution in [0, 0.1) is 0 Å². The first-order valence-electron chi connectivity index (χ1n) is 3.22. The minimum absolute atomic E-state index is 0.204. The molecule has 0 bridgehead atoms. The largest absolute Gasteiger partial charge is 0.388 e. The Morgan fingerprint density at radius 2 is 2.30 bits per heavy atom. The number of ether oxygens (including phenoxy) is 2. The molecule has 4 heteroatoms. The van der Waals surface area contributed by atoms with E-state index in [2.05, 4.69) is 0 Å². The number of aliphatic hydroxyl groups is 2. The summed E-state index contributed by atoms with van der Waals surface area (Å²) in [6, 6.07) is 0. The van der Waals surface area contributed by atoms with Crippen molar-refractivity contribution in [1.29, 1.82) is 0 Å². The smallest absolute Gasteiger partial charge is 0.110 e. The number of hydrogen-bond acceptors (Lipinski definition) is 4. The van der Waals surface area contributed by atoms with Gasteiger partial charge in [-0.2, -0.15) is 0 Å². The Labute approximate surface area is 59.4 Å². The number of rotatable bonds is 2. The Bertz CT molecular complexity index is 104.